The second-order valence-electron chi connectivity index (χ2n) is 6.55. The average molecular weight is 482 g/mol. The van der Waals surface area contributed by atoms with Crippen molar-refractivity contribution in [2.45, 2.75) is 33.7 Å². The van der Waals surface area contributed by atoms with E-state index in [9.17, 15) is 0 Å². The number of nitrogens with one attached hydrogen (secondary N) is 2. The molecular formula is C21H31IN4O. The summed E-state index contributed by atoms with van der Waals surface area (Å²) >= 11 is 0. The molecule has 2 aromatic rings. The lowest BCUT2D eigenvalue weighted by atomic mass is 10.2. The molecule has 0 aliphatic heterocycles. The first kappa shape index (κ1) is 23.2. The van der Waals surface area contributed by atoms with E-state index in [4.69, 9.17) is 4.74 Å². The van der Waals surface area contributed by atoms with E-state index in [2.05, 4.69) is 53.5 Å². The van der Waals surface area contributed by atoms with Gasteiger partial charge in [0.25, 0.3) is 0 Å². The average Bonchev–Trinajstić information content (AvgIpc) is 2.65. The number of rotatable bonds is 9. The third-order valence-corrected chi connectivity index (χ3v) is 3.65. The first-order valence-electron chi connectivity index (χ1n) is 9.31. The number of ether oxygens (including phenoxy) is 1. The molecule has 6 heteroatoms. The van der Waals surface area contributed by atoms with Gasteiger partial charge in [-0.25, -0.2) is 4.99 Å². The van der Waals surface area contributed by atoms with Gasteiger partial charge in [0.15, 0.2) is 5.96 Å². The Morgan fingerprint density at radius 3 is 2.70 bits per heavy atom. The van der Waals surface area contributed by atoms with Crippen LogP contribution in [0.3, 0.4) is 0 Å². The molecule has 0 amide bonds. The van der Waals surface area contributed by atoms with Crippen molar-refractivity contribution < 1.29 is 4.74 Å². The quantitative estimate of drug-likeness (QED) is 0.322. The molecule has 2 rings (SSSR count). The SMILES string of the molecule is CCNC(=NCc1cccc(OCC(C)C)c1)NCCc1ccccn1.I. The number of pyridine rings is 1. The normalized spacial score (nSPS) is 11.0. The zero-order valence-electron chi connectivity index (χ0n) is 16.4. The molecule has 1 aromatic heterocycles. The van der Waals surface area contributed by atoms with Crippen LogP contribution in [-0.4, -0.2) is 30.6 Å². The summed E-state index contributed by atoms with van der Waals surface area (Å²) in [6.45, 7) is 9.31. The minimum Gasteiger partial charge on any atom is -0.493 e. The minimum absolute atomic E-state index is 0. The molecular weight excluding hydrogens is 451 g/mol. The molecule has 0 unspecified atom stereocenters. The van der Waals surface area contributed by atoms with E-state index < -0.39 is 0 Å². The molecule has 27 heavy (non-hydrogen) atoms. The minimum atomic E-state index is 0. The van der Waals surface area contributed by atoms with Crippen LogP contribution >= 0.6 is 24.0 Å². The predicted octanol–water partition coefficient (Wildman–Crippen LogP) is 4.03. The van der Waals surface area contributed by atoms with Gasteiger partial charge in [-0.1, -0.05) is 32.0 Å². The lowest BCUT2D eigenvalue weighted by molar-refractivity contribution is 0.271. The number of nitrogens with zero attached hydrogens (tertiary/aromatic N) is 2. The summed E-state index contributed by atoms with van der Waals surface area (Å²) in [5.41, 5.74) is 2.21. The first-order valence-corrected chi connectivity index (χ1v) is 9.31. The second-order valence-corrected chi connectivity index (χ2v) is 6.55. The highest BCUT2D eigenvalue weighted by molar-refractivity contribution is 14.0. The van der Waals surface area contributed by atoms with Crippen molar-refractivity contribution in [3.8, 4) is 5.75 Å². The molecule has 2 N–H and O–H groups in total. The fourth-order valence-electron chi connectivity index (χ4n) is 2.36. The summed E-state index contributed by atoms with van der Waals surface area (Å²) in [5, 5.41) is 6.64. The molecule has 1 heterocycles. The Balaban J connectivity index is 0.00000364. The smallest absolute Gasteiger partial charge is 0.191 e. The van der Waals surface area contributed by atoms with E-state index >= 15 is 0 Å². The van der Waals surface area contributed by atoms with Gasteiger partial charge in [0.2, 0.25) is 0 Å². The number of aromatic nitrogens is 1. The van der Waals surface area contributed by atoms with Crippen LogP contribution < -0.4 is 15.4 Å². The van der Waals surface area contributed by atoms with Crippen LogP contribution in [0, 0.1) is 5.92 Å². The molecule has 0 aliphatic carbocycles. The van der Waals surface area contributed by atoms with E-state index in [0.717, 1.165) is 49.1 Å². The maximum atomic E-state index is 5.79. The monoisotopic (exact) mass is 482 g/mol. The maximum absolute atomic E-state index is 5.79. The Kier molecular flexibility index (Phi) is 11.5. The highest BCUT2D eigenvalue weighted by Gasteiger charge is 2.01. The summed E-state index contributed by atoms with van der Waals surface area (Å²) in [5.74, 6) is 2.23. The zero-order chi connectivity index (χ0) is 18.6. The lowest BCUT2D eigenvalue weighted by Gasteiger charge is -2.12. The van der Waals surface area contributed by atoms with E-state index in [1.165, 1.54) is 0 Å². The van der Waals surface area contributed by atoms with E-state index in [1.807, 2.05) is 36.5 Å². The van der Waals surface area contributed by atoms with Gasteiger partial charge in [-0.3, -0.25) is 4.98 Å². The van der Waals surface area contributed by atoms with Gasteiger partial charge in [-0.05, 0) is 42.7 Å². The van der Waals surface area contributed by atoms with E-state index in [-0.39, 0.29) is 24.0 Å². The summed E-state index contributed by atoms with van der Waals surface area (Å²) in [6.07, 6.45) is 2.69. The highest BCUT2D eigenvalue weighted by Crippen LogP contribution is 2.15. The Morgan fingerprint density at radius 2 is 2.00 bits per heavy atom. The van der Waals surface area contributed by atoms with Crippen LogP contribution in [-0.2, 0) is 13.0 Å². The van der Waals surface area contributed by atoms with Crippen LogP contribution in [0.1, 0.15) is 32.0 Å². The van der Waals surface area contributed by atoms with Gasteiger partial charge < -0.3 is 15.4 Å². The molecule has 0 radical (unpaired) electrons. The van der Waals surface area contributed by atoms with Crippen molar-refractivity contribution >= 4 is 29.9 Å². The Labute approximate surface area is 180 Å². The van der Waals surface area contributed by atoms with Crippen LogP contribution in [0.15, 0.2) is 53.7 Å². The zero-order valence-corrected chi connectivity index (χ0v) is 18.8. The molecule has 0 spiro atoms. The molecule has 0 saturated carbocycles. The number of benzene rings is 1. The molecule has 148 valence electrons. The van der Waals surface area contributed by atoms with Gasteiger partial charge in [-0.2, -0.15) is 0 Å². The number of aliphatic imine (C=N–C) groups is 1. The Hall–Kier alpha value is -1.83. The number of hydrogen-bond acceptors (Lipinski definition) is 3. The predicted molar refractivity (Wildman–Crippen MR) is 123 cm³/mol. The summed E-state index contributed by atoms with van der Waals surface area (Å²) in [4.78, 5) is 9.01. The molecule has 1 aromatic carbocycles. The lowest BCUT2D eigenvalue weighted by Crippen LogP contribution is -2.38. The van der Waals surface area contributed by atoms with Crippen LogP contribution in [0.2, 0.25) is 0 Å². The molecule has 0 fully saturated rings. The topological polar surface area (TPSA) is 58.5 Å². The summed E-state index contributed by atoms with van der Waals surface area (Å²) < 4.78 is 5.79. The molecule has 0 saturated heterocycles. The number of guanidine groups is 1. The first-order chi connectivity index (χ1) is 12.7. The summed E-state index contributed by atoms with van der Waals surface area (Å²) in [7, 11) is 0. The van der Waals surface area contributed by atoms with Gasteiger partial charge in [0.05, 0.1) is 13.2 Å². The third kappa shape index (κ3) is 9.60. The number of hydrogen-bond donors (Lipinski definition) is 2. The standard InChI is InChI=1S/C21H30N4O.HI/c1-4-22-21(24-13-11-19-9-5-6-12-23-19)25-15-18-8-7-10-20(14-18)26-16-17(2)3;/h5-10,12,14,17H,4,11,13,15-16H2,1-3H3,(H2,22,24,25);1H. The summed E-state index contributed by atoms with van der Waals surface area (Å²) in [6, 6.07) is 14.1. The fourth-order valence-corrected chi connectivity index (χ4v) is 2.36. The van der Waals surface area contributed by atoms with Crippen molar-refractivity contribution in [3.05, 3.63) is 59.9 Å². The van der Waals surface area contributed by atoms with Crippen LogP contribution in [0.25, 0.3) is 0 Å². The number of halogens is 1. The van der Waals surface area contributed by atoms with Crippen LogP contribution in [0.4, 0.5) is 0 Å². The van der Waals surface area contributed by atoms with E-state index in [0.29, 0.717) is 12.5 Å². The Bertz CT molecular complexity index is 677. The van der Waals surface area contributed by atoms with Gasteiger partial charge in [0.1, 0.15) is 5.75 Å². The van der Waals surface area contributed by atoms with Crippen molar-refractivity contribution in [2.75, 3.05) is 19.7 Å². The van der Waals surface area contributed by atoms with Crippen LogP contribution in [0.5, 0.6) is 5.75 Å². The van der Waals surface area contributed by atoms with Gasteiger partial charge >= 0.3 is 0 Å². The molecule has 0 bridgehead atoms. The van der Waals surface area contributed by atoms with Crippen molar-refractivity contribution in [1.29, 1.82) is 0 Å². The third-order valence-electron chi connectivity index (χ3n) is 3.65. The molecule has 5 nitrogen and oxygen atoms in total. The van der Waals surface area contributed by atoms with Crippen molar-refractivity contribution in [3.63, 3.8) is 0 Å². The van der Waals surface area contributed by atoms with E-state index in [1.54, 1.807) is 0 Å². The second kappa shape index (κ2) is 13.4. The van der Waals surface area contributed by atoms with Gasteiger partial charge in [0, 0.05) is 31.4 Å². The van der Waals surface area contributed by atoms with Crippen molar-refractivity contribution in [1.82, 2.24) is 15.6 Å². The van der Waals surface area contributed by atoms with Gasteiger partial charge in [-0.15, -0.1) is 24.0 Å². The maximum Gasteiger partial charge on any atom is 0.191 e. The molecule has 0 aliphatic rings. The molecule has 0 atom stereocenters. The highest BCUT2D eigenvalue weighted by atomic mass is 127. The fraction of sp³-hybridized carbons (Fsp3) is 0.429. The largest absolute Gasteiger partial charge is 0.493 e. The van der Waals surface area contributed by atoms with Crippen molar-refractivity contribution in [2.24, 2.45) is 10.9 Å². The Morgan fingerprint density at radius 1 is 1.15 bits per heavy atom.